The third kappa shape index (κ3) is 3.97. The number of benzene rings is 1. The summed E-state index contributed by atoms with van der Waals surface area (Å²) in [6.07, 6.45) is 1.06. The van der Waals surface area contributed by atoms with Crippen LogP contribution in [0.4, 0.5) is 0 Å². The molecule has 2 heteroatoms. The van der Waals surface area contributed by atoms with E-state index in [0.717, 1.165) is 23.1 Å². The first-order valence-electron chi connectivity index (χ1n) is 4.64. The van der Waals surface area contributed by atoms with Gasteiger partial charge in [-0.1, -0.05) is 34.6 Å². The molecule has 0 saturated heterocycles. The van der Waals surface area contributed by atoms with Crippen molar-refractivity contribution in [2.24, 2.45) is 0 Å². The second-order valence-electron chi connectivity index (χ2n) is 3.33. The topological polar surface area (TPSA) is 9.23 Å². The fourth-order valence-electron chi connectivity index (χ4n) is 1.07. The highest BCUT2D eigenvalue weighted by Gasteiger charge is 1.95. The van der Waals surface area contributed by atoms with Gasteiger partial charge >= 0.3 is 0 Å². The summed E-state index contributed by atoms with van der Waals surface area (Å²) in [5, 5.41) is 0.999. The largest absolute Gasteiger partial charge is 0.489 e. The van der Waals surface area contributed by atoms with Crippen molar-refractivity contribution in [1.82, 2.24) is 0 Å². The van der Waals surface area contributed by atoms with E-state index in [9.17, 15) is 0 Å². The zero-order chi connectivity index (χ0) is 10.4. The molecule has 1 aromatic carbocycles. The van der Waals surface area contributed by atoms with E-state index in [1.165, 1.54) is 5.56 Å². The molecule has 0 heterocycles. The summed E-state index contributed by atoms with van der Waals surface area (Å²) in [4.78, 5) is 0. The van der Waals surface area contributed by atoms with E-state index in [2.05, 4.69) is 34.6 Å². The first kappa shape index (κ1) is 11.3. The van der Waals surface area contributed by atoms with Crippen molar-refractivity contribution >= 4 is 15.9 Å². The molecular formula is C12H15BrO. The molecule has 0 aliphatic carbocycles. The molecule has 0 aromatic heterocycles. The monoisotopic (exact) mass is 254 g/mol. The molecule has 14 heavy (non-hydrogen) atoms. The molecule has 0 saturated carbocycles. The Morgan fingerprint density at radius 2 is 2.00 bits per heavy atom. The lowest BCUT2D eigenvalue weighted by Gasteiger charge is -2.06. The molecule has 1 aromatic rings. The maximum atomic E-state index is 5.49. The van der Waals surface area contributed by atoms with Crippen molar-refractivity contribution in [1.29, 1.82) is 0 Å². The third-order valence-corrected chi connectivity index (χ3v) is 2.19. The van der Waals surface area contributed by atoms with E-state index in [1.54, 1.807) is 0 Å². The van der Waals surface area contributed by atoms with Crippen molar-refractivity contribution in [2.45, 2.75) is 13.3 Å². The van der Waals surface area contributed by atoms with Crippen LogP contribution in [0.3, 0.4) is 0 Å². The van der Waals surface area contributed by atoms with Gasteiger partial charge in [-0.25, -0.2) is 0 Å². The Bertz CT molecular complexity index is 290. The van der Waals surface area contributed by atoms with E-state index in [-0.39, 0.29) is 0 Å². The minimum atomic E-state index is 0.595. The lowest BCUT2D eigenvalue weighted by molar-refractivity contribution is 0.352. The zero-order valence-electron chi connectivity index (χ0n) is 8.42. The standard InChI is InChI=1S/C12H15BrO/c1-10(2)9-14-12-5-3-11(4-6-12)7-8-13/h3-6H,1,7-9H2,2H3. The quantitative estimate of drug-likeness (QED) is 0.577. The molecule has 0 aliphatic rings. The second kappa shape index (κ2) is 5.86. The summed E-state index contributed by atoms with van der Waals surface area (Å²) >= 11 is 3.41. The normalized spacial score (nSPS) is 9.86. The van der Waals surface area contributed by atoms with Crippen molar-refractivity contribution < 1.29 is 4.74 Å². The Kier molecular flexibility index (Phi) is 4.74. The molecule has 0 spiro atoms. The van der Waals surface area contributed by atoms with Crippen LogP contribution in [-0.4, -0.2) is 11.9 Å². The molecule has 0 radical (unpaired) electrons. The van der Waals surface area contributed by atoms with Gasteiger partial charge in [-0.05, 0) is 36.6 Å². The number of halogens is 1. The predicted molar refractivity (Wildman–Crippen MR) is 64.2 cm³/mol. The van der Waals surface area contributed by atoms with E-state index >= 15 is 0 Å². The summed E-state index contributed by atoms with van der Waals surface area (Å²) in [6.45, 7) is 6.34. The molecule has 0 N–H and O–H groups in total. The predicted octanol–water partition coefficient (Wildman–Crippen LogP) is 3.58. The molecule has 1 nitrogen and oxygen atoms in total. The average molecular weight is 255 g/mol. The van der Waals surface area contributed by atoms with Crippen LogP contribution in [0.25, 0.3) is 0 Å². The van der Waals surface area contributed by atoms with Crippen molar-refractivity contribution in [3.63, 3.8) is 0 Å². The maximum Gasteiger partial charge on any atom is 0.119 e. The first-order valence-corrected chi connectivity index (χ1v) is 5.76. The summed E-state index contributed by atoms with van der Waals surface area (Å²) in [7, 11) is 0. The molecule has 1 rings (SSSR count). The van der Waals surface area contributed by atoms with Crippen LogP contribution in [-0.2, 0) is 6.42 Å². The SMILES string of the molecule is C=C(C)COc1ccc(CCBr)cc1. The van der Waals surface area contributed by atoms with Gasteiger partial charge in [-0.15, -0.1) is 0 Å². The number of alkyl halides is 1. The highest BCUT2D eigenvalue weighted by Crippen LogP contribution is 2.13. The molecule has 0 aliphatic heterocycles. The van der Waals surface area contributed by atoms with Crippen LogP contribution in [0.2, 0.25) is 0 Å². The minimum absolute atomic E-state index is 0.595. The van der Waals surface area contributed by atoms with Crippen molar-refractivity contribution in [3.8, 4) is 5.75 Å². The molecule has 0 unspecified atom stereocenters. The summed E-state index contributed by atoms with van der Waals surface area (Å²) < 4.78 is 5.49. The van der Waals surface area contributed by atoms with Crippen LogP contribution >= 0.6 is 15.9 Å². The Hall–Kier alpha value is -0.760. The summed E-state index contributed by atoms with van der Waals surface area (Å²) in [5.41, 5.74) is 2.36. The number of aryl methyl sites for hydroxylation is 1. The van der Waals surface area contributed by atoms with Gasteiger partial charge in [0.1, 0.15) is 12.4 Å². The Labute approximate surface area is 93.9 Å². The van der Waals surface area contributed by atoms with Crippen LogP contribution in [0, 0.1) is 0 Å². The van der Waals surface area contributed by atoms with Crippen molar-refractivity contribution in [2.75, 3.05) is 11.9 Å². The highest BCUT2D eigenvalue weighted by atomic mass is 79.9. The Balaban J connectivity index is 2.50. The van der Waals surface area contributed by atoms with Crippen LogP contribution in [0.5, 0.6) is 5.75 Å². The van der Waals surface area contributed by atoms with E-state index in [4.69, 9.17) is 4.74 Å². The average Bonchev–Trinajstić information content (AvgIpc) is 2.17. The van der Waals surface area contributed by atoms with Gasteiger partial charge in [0.2, 0.25) is 0 Å². The molecule has 0 amide bonds. The lowest BCUT2D eigenvalue weighted by Crippen LogP contribution is -1.97. The highest BCUT2D eigenvalue weighted by molar-refractivity contribution is 9.09. The molecule has 0 fully saturated rings. The molecule has 0 bridgehead atoms. The van der Waals surface area contributed by atoms with Crippen LogP contribution < -0.4 is 4.74 Å². The van der Waals surface area contributed by atoms with E-state index < -0.39 is 0 Å². The number of ether oxygens (including phenoxy) is 1. The lowest BCUT2D eigenvalue weighted by atomic mass is 10.2. The Morgan fingerprint density at radius 1 is 1.36 bits per heavy atom. The Morgan fingerprint density at radius 3 is 2.50 bits per heavy atom. The molecule has 76 valence electrons. The van der Waals surface area contributed by atoms with Crippen LogP contribution in [0.15, 0.2) is 36.4 Å². The number of hydrogen-bond donors (Lipinski definition) is 0. The van der Waals surface area contributed by atoms with Gasteiger partial charge in [0.15, 0.2) is 0 Å². The fourth-order valence-corrected chi connectivity index (χ4v) is 1.53. The van der Waals surface area contributed by atoms with Gasteiger partial charge in [-0.2, -0.15) is 0 Å². The van der Waals surface area contributed by atoms with E-state index in [0.29, 0.717) is 6.61 Å². The van der Waals surface area contributed by atoms with Gasteiger partial charge < -0.3 is 4.74 Å². The number of rotatable bonds is 5. The third-order valence-electron chi connectivity index (χ3n) is 1.79. The van der Waals surface area contributed by atoms with Crippen LogP contribution in [0.1, 0.15) is 12.5 Å². The maximum absolute atomic E-state index is 5.49. The smallest absolute Gasteiger partial charge is 0.119 e. The fraction of sp³-hybridized carbons (Fsp3) is 0.333. The number of hydrogen-bond acceptors (Lipinski definition) is 1. The van der Waals surface area contributed by atoms with Gasteiger partial charge in [0, 0.05) is 5.33 Å². The van der Waals surface area contributed by atoms with Gasteiger partial charge in [-0.3, -0.25) is 0 Å². The van der Waals surface area contributed by atoms with Gasteiger partial charge in [0.25, 0.3) is 0 Å². The minimum Gasteiger partial charge on any atom is -0.489 e. The molecule has 0 atom stereocenters. The summed E-state index contributed by atoms with van der Waals surface area (Å²) in [6, 6.07) is 8.19. The van der Waals surface area contributed by atoms with E-state index in [1.807, 2.05) is 19.1 Å². The first-order chi connectivity index (χ1) is 6.72. The zero-order valence-corrected chi connectivity index (χ0v) is 10.0. The summed E-state index contributed by atoms with van der Waals surface area (Å²) in [5.74, 6) is 0.909. The molecular weight excluding hydrogens is 240 g/mol. The second-order valence-corrected chi connectivity index (χ2v) is 4.12. The van der Waals surface area contributed by atoms with Crippen molar-refractivity contribution in [3.05, 3.63) is 42.0 Å². The van der Waals surface area contributed by atoms with Gasteiger partial charge in [0.05, 0.1) is 0 Å².